The lowest BCUT2D eigenvalue weighted by Gasteiger charge is -2.06. The number of hydrogen-bond acceptors (Lipinski definition) is 4. The number of carbonyl (C=O) groups is 1. The summed E-state index contributed by atoms with van der Waals surface area (Å²) >= 11 is 1.43. The van der Waals surface area contributed by atoms with E-state index in [1.54, 1.807) is 18.6 Å². The molecule has 0 aliphatic heterocycles. The first-order valence-corrected chi connectivity index (χ1v) is 7.38. The fourth-order valence-electron chi connectivity index (χ4n) is 1.93. The maximum atomic E-state index is 11.9. The number of nitrogens with zero attached hydrogens (tertiary/aromatic N) is 2. The van der Waals surface area contributed by atoms with Crippen LogP contribution in [0.25, 0.3) is 11.3 Å². The molecule has 1 amide bonds. The van der Waals surface area contributed by atoms with Gasteiger partial charge in [0, 0.05) is 30.7 Å². The number of rotatable bonds is 4. The van der Waals surface area contributed by atoms with E-state index in [-0.39, 0.29) is 5.91 Å². The molecule has 0 fully saturated rings. The van der Waals surface area contributed by atoms with E-state index in [1.165, 1.54) is 11.3 Å². The molecular weight excluding hydrogens is 282 g/mol. The minimum Gasteiger partial charge on any atom is -0.347 e. The van der Waals surface area contributed by atoms with Gasteiger partial charge in [-0.1, -0.05) is 6.07 Å². The summed E-state index contributed by atoms with van der Waals surface area (Å²) in [5.74, 6) is -0.0512. The van der Waals surface area contributed by atoms with Crippen molar-refractivity contribution in [3.05, 3.63) is 70.8 Å². The maximum Gasteiger partial charge on any atom is 0.261 e. The summed E-state index contributed by atoms with van der Waals surface area (Å²) in [5, 5.41) is 4.80. The summed E-state index contributed by atoms with van der Waals surface area (Å²) in [5.41, 5.74) is 2.82. The lowest BCUT2D eigenvalue weighted by molar-refractivity contribution is 0.0955. The van der Waals surface area contributed by atoms with Crippen molar-refractivity contribution >= 4 is 17.2 Å². The van der Waals surface area contributed by atoms with Crippen molar-refractivity contribution in [3.63, 3.8) is 0 Å². The highest BCUT2D eigenvalue weighted by Crippen LogP contribution is 2.16. The monoisotopic (exact) mass is 295 g/mol. The van der Waals surface area contributed by atoms with Crippen LogP contribution in [0.2, 0.25) is 0 Å². The largest absolute Gasteiger partial charge is 0.347 e. The van der Waals surface area contributed by atoms with Gasteiger partial charge in [-0.2, -0.15) is 0 Å². The van der Waals surface area contributed by atoms with E-state index in [4.69, 9.17) is 0 Å². The van der Waals surface area contributed by atoms with Crippen molar-refractivity contribution < 1.29 is 4.79 Å². The first-order chi connectivity index (χ1) is 10.3. The fourth-order valence-corrected chi connectivity index (χ4v) is 2.57. The maximum absolute atomic E-state index is 11.9. The van der Waals surface area contributed by atoms with Crippen LogP contribution >= 0.6 is 11.3 Å². The molecule has 0 radical (unpaired) electrons. The molecule has 0 saturated heterocycles. The Balaban J connectivity index is 1.71. The van der Waals surface area contributed by atoms with Gasteiger partial charge < -0.3 is 5.32 Å². The topological polar surface area (TPSA) is 54.9 Å². The van der Waals surface area contributed by atoms with Crippen LogP contribution < -0.4 is 5.32 Å². The molecule has 0 aromatic carbocycles. The Morgan fingerprint density at radius 1 is 1.19 bits per heavy atom. The van der Waals surface area contributed by atoms with Gasteiger partial charge in [-0.3, -0.25) is 14.8 Å². The van der Waals surface area contributed by atoms with E-state index in [1.807, 2.05) is 41.8 Å². The third-order valence-electron chi connectivity index (χ3n) is 2.98. The van der Waals surface area contributed by atoms with Crippen LogP contribution in [0, 0.1) is 0 Å². The van der Waals surface area contributed by atoms with Gasteiger partial charge in [0.05, 0.1) is 10.6 Å². The average Bonchev–Trinajstić information content (AvgIpc) is 3.08. The summed E-state index contributed by atoms with van der Waals surface area (Å²) in [6.07, 6.45) is 5.25. The number of hydrogen-bond donors (Lipinski definition) is 1. The highest BCUT2D eigenvalue weighted by molar-refractivity contribution is 7.12. The number of amides is 1. The molecular formula is C16H13N3OS. The molecule has 3 aromatic heterocycles. The Morgan fingerprint density at radius 2 is 2.14 bits per heavy atom. The van der Waals surface area contributed by atoms with Crippen LogP contribution in [-0.4, -0.2) is 15.9 Å². The summed E-state index contributed by atoms with van der Waals surface area (Å²) in [6.45, 7) is 0.479. The van der Waals surface area contributed by atoms with E-state index < -0.39 is 0 Å². The third kappa shape index (κ3) is 3.32. The normalized spacial score (nSPS) is 10.3. The molecule has 0 spiro atoms. The summed E-state index contributed by atoms with van der Waals surface area (Å²) in [7, 11) is 0. The molecule has 0 aliphatic carbocycles. The van der Waals surface area contributed by atoms with E-state index in [2.05, 4.69) is 15.3 Å². The first kappa shape index (κ1) is 13.5. The Hall–Kier alpha value is -2.53. The zero-order chi connectivity index (χ0) is 14.5. The van der Waals surface area contributed by atoms with Crippen LogP contribution in [0.3, 0.4) is 0 Å². The van der Waals surface area contributed by atoms with Crippen molar-refractivity contribution in [2.75, 3.05) is 0 Å². The SMILES string of the molecule is O=C(NCc1ccnc(-c2cccnc2)c1)c1cccs1. The number of carbonyl (C=O) groups excluding carboxylic acids is 1. The third-order valence-corrected chi connectivity index (χ3v) is 3.85. The van der Waals surface area contributed by atoms with Gasteiger partial charge in [0.25, 0.3) is 5.91 Å². The van der Waals surface area contributed by atoms with Crippen LogP contribution in [-0.2, 0) is 6.54 Å². The average molecular weight is 295 g/mol. The molecule has 0 saturated carbocycles. The Labute approximate surface area is 126 Å². The predicted octanol–water partition coefficient (Wildman–Crippen LogP) is 3.14. The van der Waals surface area contributed by atoms with Crippen LogP contribution in [0.15, 0.2) is 60.4 Å². The minimum atomic E-state index is -0.0512. The van der Waals surface area contributed by atoms with Gasteiger partial charge in [0.1, 0.15) is 0 Å². The summed E-state index contributed by atoms with van der Waals surface area (Å²) in [6, 6.07) is 11.4. The highest BCUT2D eigenvalue weighted by atomic mass is 32.1. The zero-order valence-corrected chi connectivity index (χ0v) is 12.0. The van der Waals surface area contributed by atoms with Gasteiger partial charge in [0.15, 0.2) is 0 Å². The quantitative estimate of drug-likeness (QED) is 0.804. The van der Waals surface area contributed by atoms with Gasteiger partial charge >= 0.3 is 0 Å². The van der Waals surface area contributed by atoms with Crippen molar-refractivity contribution in [2.45, 2.75) is 6.54 Å². The van der Waals surface area contributed by atoms with Crippen molar-refractivity contribution in [2.24, 2.45) is 0 Å². The van der Waals surface area contributed by atoms with Crippen LogP contribution in [0.5, 0.6) is 0 Å². The second-order valence-corrected chi connectivity index (χ2v) is 5.40. The summed E-state index contributed by atoms with van der Waals surface area (Å²) < 4.78 is 0. The van der Waals surface area contributed by atoms with Gasteiger partial charge in [0.2, 0.25) is 0 Å². The second-order valence-electron chi connectivity index (χ2n) is 4.45. The predicted molar refractivity (Wildman–Crippen MR) is 83.0 cm³/mol. The molecule has 0 unspecified atom stereocenters. The molecule has 0 bridgehead atoms. The van der Waals surface area contributed by atoms with Crippen molar-refractivity contribution in [1.29, 1.82) is 0 Å². The molecule has 0 atom stereocenters. The summed E-state index contributed by atoms with van der Waals surface area (Å²) in [4.78, 5) is 21.1. The molecule has 21 heavy (non-hydrogen) atoms. The van der Waals surface area contributed by atoms with Gasteiger partial charge in [-0.15, -0.1) is 11.3 Å². The lowest BCUT2D eigenvalue weighted by Crippen LogP contribution is -2.21. The Kier molecular flexibility index (Phi) is 4.02. The van der Waals surface area contributed by atoms with E-state index in [0.29, 0.717) is 6.54 Å². The molecule has 4 nitrogen and oxygen atoms in total. The minimum absolute atomic E-state index is 0.0512. The van der Waals surface area contributed by atoms with Gasteiger partial charge in [-0.05, 0) is 41.3 Å². The van der Waals surface area contributed by atoms with Crippen LogP contribution in [0.4, 0.5) is 0 Å². The molecule has 104 valence electrons. The highest BCUT2D eigenvalue weighted by Gasteiger charge is 2.06. The van der Waals surface area contributed by atoms with E-state index in [0.717, 1.165) is 21.7 Å². The molecule has 3 rings (SSSR count). The standard InChI is InChI=1S/C16H13N3OS/c20-16(15-4-2-8-21-15)19-10-12-5-7-18-14(9-12)13-3-1-6-17-11-13/h1-9,11H,10H2,(H,19,20). The Bertz CT molecular complexity index is 726. The fraction of sp³-hybridized carbons (Fsp3) is 0.0625. The molecule has 3 heterocycles. The van der Waals surface area contributed by atoms with E-state index in [9.17, 15) is 4.79 Å². The van der Waals surface area contributed by atoms with Crippen molar-refractivity contribution in [1.82, 2.24) is 15.3 Å². The first-order valence-electron chi connectivity index (χ1n) is 6.50. The smallest absolute Gasteiger partial charge is 0.261 e. The number of nitrogens with one attached hydrogen (secondary N) is 1. The zero-order valence-electron chi connectivity index (χ0n) is 11.2. The van der Waals surface area contributed by atoms with E-state index >= 15 is 0 Å². The lowest BCUT2D eigenvalue weighted by atomic mass is 10.1. The van der Waals surface area contributed by atoms with Crippen LogP contribution in [0.1, 0.15) is 15.2 Å². The molecule has 5 heteroatoms. The molecule has 1 N–H and O–H groups in total. The Morgan fingerprint density at radius 3 is 2.90 bits per heavy atom. The van der Waals surface area contributed by atoms with Gasteiger partial charge in [-0.25, -0.2) is 0 Å². The number of pyridine rings is 2. The molecule has 3 aromatic rings. The molecule has 0 aliphatic rings. The number of aromatic nitrogens is 2. The second kappa shape index (κ2) is 6.28. The number of thiophene rings is 1. The van der Waals surface area contributed by atoms with Crippen molar-refractivity contribution in [3.8, 4) is 11.3 Å².